The van der Waals surface area contributed by atoms with E-state index in [4.69, 9.17) is 5.73 Å². The molecule has 0 spiro atoms. The second-order valence-electron chi connectivity index (χ2n) is 4.47. The molecule has 0 heterocycles. The predicted octanol–water partition coefficient (Wildman–Crippen LogP) is 1.74. The minimum atomic E-state index is -0.908. The smallest absolute Gasteiger partial charge is 0.239 e. The number of nitrogens with one attached hydrogen (secondary N) is 1. The van der Waals surface area contributed by atoms with Crippen LogP contribution in [0.25, 0.3) is 0 Å². The van der Waals surface area contributed by atoms with E-state index in [1.54, 1.807) is 26.0 Å². The fraction of sp³-hybridized carbons (Fsp3) is 0.417. The first-order valence-electron chi connectivity index (χ1n) is 5.16. The third kappa shape index (κ3) is 3.31. The molecule has 3 nitrogen and oxygen atoms in total. The summed E-state index contributed by atoms with van der Waals surface area (Å²) in [5.41, 5.74) is 5.60. The van der Waals surface area contributed by atoms with E-state index in [1.165, 1.54) is 12.1 Å². The van der Waals surface area contributed by atoms with Gasteiger partial charge in [0.25, 0.3) is 0 Å². The van der Waals surface area contributed by atoms with Gasteiger partial charge in [-0.3, -0.25) is 4.79 Å². The fourth-order valence-corrected chi connectivity index (χ4v) is 1.22. The Labute approximate surface area is 94.8 Å². The Bertz CT molecular complexity index is 368. The molecule has 1 aromatic carbocycles. The van der Waals surface area contributed by atoms with Crippen LogP contribution in [0.5, 0.6) is 0 Å². The summed E-state index contributed by atoms with van der Waals surface area (Å²) in [5, 5.41) is 2.77. The lowest BCUT2D eigenvalue weighted by Crippen LogP contribution is -2.49. The minimum absolute atomic E-state index is 0.184. The van der Waals surface area contributed by atoms with Crippen molar-refractivity contribution < 1.29 is 9.18 Å². The van der Waals surface area contributed by atoms with Crippen LogP contribution in [0, 0.1) is 5.82 Å². The summed E-state index contributed by atoms with van der Waals surface area (Å²) in [6.07, 6.45) is 0. The SMILES string of the molecule is C[C@@H](NC(=O)C(C)(C)N)c1ccc(F)cc1. The summed E-state index contributed by atoms with van der Waals surface area (Å²) in [6.45, 7) is 5.11. The largest absolute Gasteiger partial charge is 0.348 e. The van der Waals surface area contributed by atoms with E-state index in [0.717, 1.165) is 5.56 Å². The van der Waals surface area contributed by atoms with Crippen molar-refractivity contribution >= 4 is 5.91 Å². The minimum Gasteiger partial charge on any atom is -0.348 e. The topological polar surface area (TPSA) is 55.1 Å². The lowest BCUT2D eigenvalue weighted by Gasteiger charge is -2.22. The van der Waals surface area contributed by atoms with E-state index in [1.807, 2.05) is 6.92 Å². The molecule has 4 heteroatoms. The van der Waals surface area contributed by atoms with Gasteiger partial charge in [0.05, 0.1) is 11.6 Å². The monoisotopic (exact) mass is 224 g/mol. The summed E-state index contributed by atoms with van der Waals surface area (Å²) < 4.78 is 12.7. The molecule has 88 valence electrons. The number of halogens is 1. The Hall–Kier alpha value is -1.42. The molecule has 0 aliphatic carbocycles. The van der Waals surface area contributed by atoms with Crippen molar-refractivity contribution in [3.05, 3.63) is 35.6 Å². The Morgan fingerprint density at radius 1 is 1.38 bits per heavy atom. The molecule has 16 heavy (non-hydrogen) atoms. The summed E-state index contributed by atoms with van der Waals surface area (Å²) in [4.78, 5) is 11.6. The van der Waals surface area contributed by atoms with Crippen molar-refractivity contribution in [1.82, 2.24) is 5.32 Å². The lowest BCUT2D eigenvalue weighted by molar-refractivity contribution is -0.125. The highest BCUT2D eigenvalue weighted by atomic mass is 19.1. The number of amides is 1. The van der Waals surface area contributed by atoms with Crippen LogP contribution in [0.1, 0.15) is 32.4 Å². The second-order valence-corrected chi connectivity index (χ2v) is 4.47. The molecule has 0 aliphatic rings. The van der Waals surface area contributed by atoms with Gasteiger partial charge in [0.2, 0.25) is 5.91 Å². The summed E-state index contributed by atoms with van der Waals surface area (Å²) in [5.74, 6) is -0.522. The zero-order valence-corrected chi connectivity index (χ0v) is 9.75. The Balaban J connectivity index is 2.69. The summed E-state index contributed by atoms with van der Waals surface area (Å²) >= 11 is 0. The Kier molecular flexibility index (Phi) is 3.65. The molecule has 1 amide bonds. The highest BCUT2D eigenvalue weighted by molar-refractivity contribution is 5.85. The van der Waals surface area contributed by atoms with Crippen molar-refractivity contribution in [1.29, 1.82) is 0 Å². The van der Waals surface area contributed by atoms with E-state index in [0.29, 0.717) is 0 Å². The van der Waals surface area contributed by atoms with Gasteiger partial charge >= 0.3 is 0 Å². The van der Waals surface area contributed by atoms with Crippen LogP contribution in [-0.4, -0.2) is 11.4 Å². The van der Waals surface area contributed by atoms with Gasteiger partial charge in [-0.2, -0.15) is 0 Å². The fourth-order valence-electron chi connectivity index (χ4n) is 1.22. The maximum Gasteiger partial charge on any atom is 0.239 e. The molecular weight excluding hydrogens is 207 g/mol. The average Bonchev–Trinajstić information content (AvgIpc) is 2.17. The van der Waals surface area contributed by atoms with Gasteiger partial charge in [0.15, 0.2) is 0 Å². The van der Waals surface area contributed by atoms with E-state index >= 15 is 0 Å². The van der Waals surface area contributed by atoms with Gasteiger partial charge in [-0.15, -0.1) is 0 Å². The third-order valence-electron chi connectivity index (χ3n) is 2.30. The summed E-state index contributed by atoms with van der Waals surface area (Å²) in [7, 11) is 0. The molecule has 0 saturated carbocycles. The van der Waals surface area contributed by atoms with Crippen LogP contribution in [-0.2, 0) is 4.79 Å². The quantitative estimate of drug-likeness (QED) is 0.821. The van der Waals surface area contributed by atoms with Crippen molar-refractivity contribution in [2.45, 2.75) is 32.4 Å². The third-order valence-corrected chi connectivity index (χ3v) is 2.30. The van der Waals surface area contributed by atoms with Gasteiger partial charge in [-0.25, -0.2) is 4.39 Å². The molecule has 0 saturated heterocycles. The maximum atomic E-state index is 12.7. The molecule has 1 rings (SSSR count). The van der Waals surface area contributed by atoms with Gasteiger partial charge in [-0.05, 0) is 38.5 Å². The first kappa shape index (κ1) is 12.6. The van der Waals surface area contributed by atoms with Crippen LogP contribution in [0.4, 0.5) is 4.39 Å². The van der Waals surface area contributed by atoms with Gasteiger partial charge in [0, 0.05) is 0 Å². The number of rotatable bonds is 3. The highest BCUT2D eigenvalue weighted by Crippen LogP contribution is 2.13. The summed E-state index contributed by atoms with van der Waals surface area (Å²) in [6, 6.07) is 5.83. The molecule has 0 bridgehead atoms. The molecule has 0 radical (unpaired) electrons. The normalized spacial score (nSPS) is 13.3. The molecular formula is C12H17FN2O. The van der Waals surface area contributed by atoms with Gasteiger partial charge in [0.1, 0.15) is 5.82 Å². The molecule has 0 fully saturated rings. The molecule has 1 atom stereocenters. The molecule has 0 aliphatic heterocycles. The second kappa shape index (κ2) is 4.61. The van der Waals surface area contributed by atoms with E-state index in [2.05, 4.69) is 5.32 Å². The average molecular weight is 224 g/mol. The molecule has 0 unspecified atom stereocenters. The number of carbonyl (C=O) groups is 1. The van der Waals surface area contributed by atoms with E-state index in [-0.39, 0.29) is 17.8 Å². The zero-order valence-electron chi connectivity index (χ0n) is 9.75. The van der Waals surface area contributed by atoms with Crippen molar-refractivity contribution in [3.8, 4) is 0 Å². The van der Waals surface area contributed by atoms with Crippen LogP contribution in [0.3, 0.4) is 0 Å². The zero-order chi connectivity index (χ0) is 12.3. The van der Waals surface area contributed by atoms with Crippen molar-refractivity contribution in [2.75, 3.05) is 0 Å². The van der Waals surface area contributed by atoms with Crippen molar-refractivity contribution in [2.24, 2.45) is 5.73 Å². The Morgan fingerprint density at radius 3 is 2.31 bits per heavy atom. The first-order valence-corrected chi connectivity index (χ1v) is 5.16. The number of benzene rings is 1. The number of nitrogens with two attached hydrogens (primary N) is 1. The van der Waals surface area contributed by atoms with Crippen LogP contribution in [0.15, 0.2) is 24.3 Å². The molecule has 0 aromatic heterocycles. The first-order chi connectivity index (χ1) is 7.30. The highest BCUT2D eigenvalue weighted by Gasteiger charge is 2.23. The van der Waals surface area contributed by atoms with Gasteiger partial charge < -0.3 is 11.1 Å². The van der Waals surface area contributed by atoms with Crippen LogP contribution >= 0.6 is 0 Å². The van der Waals surface area contributed by atoms with E-state index in [9.17, 15) is 9.18 Å². The Morgan fingerprint density at radius 2 is 1.88 bits per heavy atom. The van der Waals surface area contributed by atoms with Gasteiger partial charge in [-0.1, -0.05) is 12.1 Å². The molecule has 3 N–H and O–H groups in total. The molecule has 1 aromatic rings. The lowest BCUT2D eigenvalue weighted by atomic mass is 10.0. The number of hydrogen-bond acceptors (Lipinski definition) is 2. The maximum absolute atomic E-state index is 12.7. The number of carbonyl (C=O) groups excluding carboxylic acids is 1. The van der Waals surface area contributed by atoms with E-state index < -0.39 is 5.54 Å². The van der Waals surface area contributed by atoms with Crippen LogP contribution < -0.4 is 11.1 Å². The standard InChI is InChI=1S/C12H17FN2O/c1-8(15-11(16)12(2,3)14)9-4-6-10(13)7-5-9/h4-8H,14H2,1-3H3,(H,15,16)/t8-/m1/s1. The predicted molar refractivity (Wildman–Crippen MR) is 61.2 cm³/mol. The van der Waals surface area contributed by atoms with Crippen molar-refractivity contribution in [3.63, 3.8) is 0 Å². The number of hydrogen-bond donors (Lipinski definition) is 2. The van der Waals surface area contributed by atoms with Crippen LogP contribution in [0.2, 0.25) is 0 Å².